The molecule has 1 saturated carbocycles. The van der Waals surface area contributed by atoms with Crippen molar-refractivity contribution in [3.63, 3.8) is 0 Å². The predicted molar refractivity (Wildman–Crippen MR) is 130 cm³/mol. The summed E-state index contributed by atoms with van der Waals surface area (Å²) in [6, 6.07) is 12.5. The lowest BCUT2D eigenvalue weighted by Crippen LogP contribution is -2.39. The first-order valence-corrected chi connectivity index (χ1v) is 12.3. The van der Waals surface area contributed by atoms with Gasteiger partial charge in [-0.2, -0.15) is 0 Å². The van der Waals surface area contributed by atoms with Crippen molar-refractivity contribution in [1.82, 2.24) is 30.1 Å². The van der Waals surface area contributed by atoms with E-state index in [9.17, 15) is 4.79 Å². The highest BCUT2D eigenvalue weighted by atomic mass is 16.3. The molecular weight excluding hydrogens is 428 g/mol. The number of benzene rings is 1. The van der Waals surface area contributed by atoms with Gasteiger partial charge in [0.15, 0.2) is 5.82 Å². The van der Waals surface area contributed by atoms with Crippen molar-refractivity contribution in [3.8, 4) is 0 Å². The number of H-pyrrole nitrogens is 1. The number of aryl methyl sites for hydroxylation is 1. The first-order chi connectivity index (χ1) is 16.7. The number of fused-ring (bicyclic) bond motifs is 1. The van der Waals surface area contributed by atoms with Gasteiger partial charge in [0.05, 0.1) is 12.3 Å². The highest BCUT2D eigenvalue weighted by Gasteiger charge is 2.32. The molecule has 0 aliphatic heterocycles. The molecule has 0 saturated heterocycles. The summed E-state index contributed by atoms with van der Waals surface area (Å²) in [6.45, 7) is 5.37. The normalized spacial score (nSPS) is 15.5. The van der Waals surface area contributed by atoms with Gasteiger partial charge in [0.2, 0.25) is 0 Å². The van der Waals surface area contributed by atoms with Gasteiger partial charge >= 0.3 is 0 Å². The van der Waals surface area contributed by atoms with Crippen LogP contribution in [0.25, 0.3) is 10.9 Å². The van der Waals surface area contributed by atoms with E-state index in [1.54, 1.807) is 6.26 Å². The summed E-state index contributed by atoms with van der Waals surface area (Å²) in [5, 5.41) is 13.8. The fraction of sp³-hybridized carbons (Fsp3) is 0.462. The van der Waals surface area contributed by atoms with Gasteiger partial charge in [0.1, 0.15) is 12.3 Å². The Balaban J connectivity index is 1.50. The van der Waals surface area contributed by atoms with Crippen molar-refractivity contribution >= 4 is 10.9 Å². The van der Waals surface area contributed by atoms with Gasteiger partial charge in [-0.3, -0.25) is 9.69 Å². The van der Waals surface area contributed by atoms with Gasteiger partial charge < -0.3 is 9.40 Å². The van der Waals surface area contributed by atoms with Gasteiger partial charge in [-0.25, -0.2) is 4.68 Å². The van der Waals surface area contributed by atoms with Gasteiger partial charge in [-0.05, 0) is 77.4 Å². The third kappa shape index (κ3) is 4.55. The summed E-state index contributed by atoms with van der Waals surface area (Å²) in [7, 11) is 0. The van der Waals surface area contributed by atoms with Crippen LogP contribution in [-0.4, -0.2) is 36.1 Å². The average Bonchev–Trinajstić information content (AvgIpc) is 3.63. The van der Waals surface area contributed by atoms with Crippen LogP contribution in [0.3, 0.4) is 0 Å². The molecule has 3 heterocycles. The molecule has 1 aromatic carbocycles. The number of furan rings is 1. The van der Waals surface area contributed by atoms with Crippen molar-refractivity contribution in [2.24, 2.45) is 0 Å². The maximum Gasteiger partial charge on any atom is 0.252 e. The number of nitrogens with zero attached hydrogens (tertiary/aromatic N) is 5. The number of rotatable bonds is 9. The van der Waals surface area contributed by atoms with Crippen LogP contribution in [0.1, 0.15) is 74.7 Å². The zero-order chi connectivity index (χ0) is 23.5. The molecule has 178 valence electrons. The summed E-state index contributed by atoms with van der Waals surface area (Å²) < 4.78 is 7.36. The minimum Gasteiger partial charge on any atom is -0.467 e. The fourth-order valence-corrected chi connectivity index (χ4v) is 5.24. The summed E-state index contributed by atoms with van der Waals surface area (Å²) in [5.74, 6) is 1.63. The number of aromatic nitrogens is 5. The quantitative estimate of drug-likeness (QED) is 0.392. The van der Waals surface area contributed by atoms with E-state index in [1.165, 1.54) is 18.4 Å². The molecular formula is C26H32N6O2. The maximum absolute atomic E-state index is 13.1. The van der Waals surface area contributed by atoms with E-state index in [2.05, 4.69) is 57.5 Å². The van der Waals surface area contributed by atoms with E-state index in [1.807, 2.05) is 22.9 Å². The largest absolute Gasteiger partial charge is 0.467 e. The van der Waals surface area contributed by atoms with Crippen molar-refractivity contribution in [1.29, 1.82) is 0 Å². The Labute approximate surface area is 199 Å². The number of hydrogen-bond donors (Lipinski definition) is 1. The lowest BCUT2D eigenvalue weighted by atomic mass is 10.0. The van der Waals surface area contributed by atoms with E-state index in [-0.39, 0.29) is 11.6 Å². The summed E-state index contributed by atoms with van der Waals surface area (Å²) >= 11 is 0. The Kier molecular flexibility index (Phi) is 6.58. The molecule has 0 bridgehead atoms. The molecule has 1 aliphatic rings. The fourth-order valence-electron chi connectivity index (χ4n) is 5.24. The highest BCUT2D eigenvalue weighted by molar-refractivity contribution is 5.79. The topological polar surface area (TPSA) is 92.8 Å². The summed E-state index contributed by atoms with van der Waals surface area (Å²) in [4.78, 5) is 18.6. The Morgan fingerprint density at radius 3 is 2.79 bits per heavy atom. The van der Waals surface area contributed by atoms with Gasteiger partial charge in [-0.1, -0.05) is 32.8 Å². The van der Waals surface area contributed by atoms with Crippen LogP contribution in [0.5, 0.6) is 0 Å². The van der Waals surface area contributed by atoms with E-state index in [0.717, 1.165) is 53.7 Å². The van der Waals surface area contributed by atoms with Gasteiger partial charge in [0.25, 0.3) is 5.56 Å². The lowest BCUT2D eigenvalue weighted by Gasteiger charge is -2.35. The Morgan fingerprint density at radius 1 is 1.21 bits per heavy atom. The Bertz CT molecular complexity index is 1290. The van der Waals surface area contributed by atoms with Crippen LogP contribution in [0, 0.1) is 0 Å². The Hall–Kier alpha value is -3.26. The van der Waals surface area contributed by atoms with E-state index in [4.69, 9.17) is 4.42 Å². The number of aromatic amines is 1. The molecule has 0 radical (unpaired) electrons. The lowest BCUT2D eigenvalue weighted by molar-refractivity contribution is 0.112. The minimum atomic E-state index is -0.0234. The molecule has 1 atom stereocenters. The number of pyridine rings is 1. The molecule has 1 N–H and O–H groups in total. The third-order valence-electron chi connectivity index (χ3n) is 7.07. The van der Waals surface area contributed by atoms with Crippen LogP contribution < -0.4 is 5.56 Å². The first kappa shape index (κ1) is 22.5. The molecule has 1 unspecified atom stereocenters. The molecule has 1 fully saturated rings. The second-order valence-electron chi connectivity index (χ2n) is 9.21. The van der Waals surface area contributed by atoms with Crippen LogP contribution in [0.4, 0.5) is 0 Å². The first-order valence-electron chi connectivity index (χ1n) is 12.3. The molecule has 3 aromatic heterocycles. The third-order valence-corrected chi connectivity index (χ3v) is 7.07. The smallest absolute Gasteiger partial charge is 0.252 e. The molecule has 8 nitrogen and oxygen atoms in total. The van der Waals surface area contributed by atoms with Crippen LogP contribution in [0.15, 0.2) is 51.9 Å². The zero-order valence-corrected chi connectivity index (χ0v) is 19.9. The van der Waals surface area contributed by atoms with Crippen LogP contribution >= 0.6 is 0 Å². The van der Waals surface area contributed by atoms with E-state index < -0.39 is 0 Å². The van der Waals surface area contributed by atoms with E-state index >= 15 is 0 Å². The molecule has 5 rings (SSSR count). The van der Waals surface area contributed by atoms with Crippen molar-refractivity contribution in [2.45, 2.75) is 77.5 Å². The van der Waals surface area contributed by atoms with Gasteiger partial charge in [-0.15, -0.1) is 5.10 Å². The molecule has 4 aromatic rings. The minimum absolute atomic E-state index is 0.00475. The van der Waals surface area contributed by atoms with Crippen molar-refractivity contribution < 1.29 is 4.42 Å². The maximum atomic E-state index is 13.1. The second-order valence-corrected chi connectivity index (χ2v) is 9.21. The number of tetrazole rings is 1. The number of hydrogen-bond acceptors (Lipinski definition) is 6. The van der Waals surface area contributed by atoms with Crippen molar-refractivity contribution in [3.05, 3.63) is 75.7 Å². The monoisotopic (exact) mass is 460 g/mol. The number of nitrogens with one attached hydrogen (secondary N) is 1. The second kappa shape index (κ2) is 9.93. The predicted octanol–water partition coefficient (Wildman–Crippen LogP) is 4.61. The summed E-state index contributed by atoms with van der Waals surface area (Å²) in [6.07, 6.45) is 8.15. The van der Waals surface area contributed by atoms with Crippen molar-refractivity contribution in [2.75, 3.05) is 0 Å². The Morgan fingerprint density at radius 2 is 2.06 bits per heavy atom. The molecule has 1 aliphatic carbocycles. The highest BCUT2D eigenvalue weighted by Crippen LogP contribution is 2.33. The summed E-state index contributed by atoms with van der Waals surface area (Å²) in [5.41, 5.74) is 2.91. The zero-order valence-electron chi connectivity index (χ0n) is 19.9. The average molecular weight is 461 g/mol. The van der Waals surface area contributed by atoms with Crippen LogP contribution in [-0.2, 0) is 19.5 Å². The van der Waals surface area contributed by atoms with E-state index in [0.29, 0.717) is 19.1 Å². The molecule has 8 heteroatoms. The molecule has 0 amide bonds. The SMILES string of the molecule is CCc1ccc2[nH]c(=O)c(CN(C3CCCC3)C(CC)c3nnnn3Cc3ccco3)cc2c1. The van der Waals surface area contributed by atoms with Gasteiger partial charge in [0, 0.05) is 23.7 Å². The molecule has 0 spiro atoms. The molecule has 34 heavy (non-hydrogen) atoms. The van der Waals surface area contributed by atoms with Crippen LogP contribution in [0.2, 0.25) is 0 Å². The standard InChI is InChI=1S/C26H32N6O2/c1-3-18-11-12-23-19(14-18)15-20(26(33)27-23)16-31(21-8-5-6-9-21)24(4-2)25-28-29-30-32(25)17-22-10-7-13-34-22/h7,10-15,21,24H,3-6,8-9,16-17H2,1-2H3,(H,27,33).